The monoisotopic (exact) mass is 301 g/mol. The molecule has 0 saturated carbocycles. The van der Waals surface area contributed by atoms with Crippen LogP contribution in [-0.4, -0.2) is 38.6 Å². The van der Waals surface area contributed by atoms with E-state index in [2.05, 4.69) is 10.1 Å². The highest BCUT2D eigenvalue weighted by Gasteiger charge is 2.27. The van der Waals surface area contributed by atoms with Crippen LogP contribution in [0.3, 0.4) is 0 Å². The van der Waals surface area contributed by atoms with Crippen LogP contribution in [0.1, 0.15) is 16.8 Å². The molecule has 0 aromatic carbocycles. The topological polar surface area (TPSA) is 77.2 Å². The molecular weight excluding hydrogens is 291 g/mol. The maximum absolute atomic E-state index is 12.0. The van der Waals surface area contributed by atoms with E-state index in [-0.39, 0.29) is 17.3 Å². The third-order valence-corrected chi connectivity index (χ3v) is 2.43. The Hall–Kier alpha value is -2.58. The second-order valence-electron chi connectivity index (χ2n) is 3.99. The third kappa shape index (κ3) is 3.94. The molecule has 112 valence electrons. The Morgan fingerprint density at radius 3 is 2.81 bits per heavy atom. The van der Waals surface area contributed by atoms with Crippen LogP contribution in [-0.2, 0) is 0 Å². The predicted molar refractivity (Wildman–Crippen MR) is 64.5 cm³/mol. The summed E-state index contributed by atoms with van der Waals surface area (Å²) in [5, 5.41) is 12.9. The smallest absolute Gasteiger partial charge is 0.392 e. The summed E-state index contributed by atoms with van der Waals surface area (Å²) in [4.78, 5) is 14.9. The summed E-state index contributed by atoms with van der Waals surface area (Å²) in [6, 6.07) is 4.13. The van der Waals surface area contributed by atoms with Gasteiger partial charge >= 0.3 is 12.1 Å². The van der Waals surface area contributed by atoms with Gasteiger partial charge in [-0.2, -0.15) is 13.2 Å². The fraction of sp³-hybridized carbons (Fsp3) is 0.250. The molecule has 0 fully saturated rings. The number of ether oxygens (including phenoxy) is 1. The molecule has 21 heavy (non-hydrogen) atoms. The molecule has 0 unspecified atom stereocenters. The lowest BCUT2D eigenvalue weighted by Crippen LogP contribution is -2.13. The molecule has 2 heterocycles. The number of hydrogen-bond acceptors (Lipinski definition) is 4. The molecule has 2 aromatic heterocycles. The van der Waals surface area contributed by atoms with Crippen LogP contribution in [0.15, 0.2) is 30.6 Å². The molecule has 0 aliphatic rings. The van der Waals surface area contributed by atoms with Crippen LogP contribution in [0.25, 0.3) is 5.82 Å². The van der Waals surface area contributed by atoms with E-state index in [1.807, 2.05) is 0 Å². The average Bonchev–Trinajstić information content (AvgIpc) is 2.86. The Balaban J connectivity index is 2.12. The van der Waals surface area contributed by atoms with E-state index in [1.165, 1.54) is 30.6 Å². The van der Waals surface area contributed by atoms with E-state index in [9.17, 15) is 18.0 Å². The van der Waals surface area contributed by atoms with Gasteiger partial charge in [0.25, 0.3) is 0 Å². The van der Waals surface area contributed by atoms with Crippen molar-refractivity contribution in [2.24, 2.45) is 0 Å². The third-order valence-electron chi connectivity index (χ3n) is 2.43. The second-order valence-corrected chi connectivity index (χ2v) is 3.99. The average molecular weight is 301 g/mol. The number of rotatable bonds is 5. The van der Waals surface area contributed by atoms with E-state index in [4.69, 9.17) is 9.84 Å². The lowest BCUT2D eigenvalue weighted by molar-refractivity contribution is -0.139. The first-order valence-corrected chi connectivity index (χ1v) is 5.81. The lowest BCUT2D eigenvalue weighted by Gasteiger charge is -2.06. The molecule has 9 heteroatoms. The molecule has 0 atom stereocenters. The molecule has 0 saturated heterocycles. The van der Waals surface area contributed by atoms with Crippen LogP contribution in [0.2, 0.25) is 0 Å². The number of aromatic carboxylic acids is 1. The van der Waals surface area contributed by atoms with Crippen molar-refractivity contribution in [1.82, 2.24) is 14.8 Å². The van der Waals surface area contributed by atoms with E-state index >= 15 is 0 Å². The van der Waals surface area contributed by atoms with Gasteiger partial charge in [0.2, 0.25) is 5.88 Å². The second kappa shape index (κ2) is 5.81. The standard InChI is InChI=1S/C12H10F3N3O3/c13-12(14,15)4-7-21-9-3-6-18(17-9)10-8(11(19)20)2-1-5-16-10/h1-3,5-6H,4,7H2,(H,19,20). The van der Waals surface area contributed by atoms with Crippen LogP contribution in [0, 0.1) is 0 Å². The molecule has 0 aliphatic carbocycles. The first-order chi connectivity index (χ1) is 9.87. The summed E-state index contributed by atoms with van der Waals surface area (Å²) in [5.74, 6) is -1.18. The van der Waals surface area contributed by atoms with Crippen molar-refractivity contribution in [3.05, 3.63) is 36.2 Å². The van der Waals surface area contributed by atoms with Gasteiger partial charge in [0.15, 0.2) is 5.82 Å². The Labute approximate surface area is 116 Å². The highest BCUT2D eigenvalue weighted by atomic mass is 19.4. The highest BCUT2D eigenvalue weighted by Crippen LogP contribution is 2.20. The minimum absolute atomic E-state index is 0.0405. The maximum atomic E-state index is 12.0. The van der Waals surface area contributed by atoms with Crippen molar-refractivity contribution in [2.75, 3.05) is 6.61 Å². The van der Waals surface area contributed by atoms with Crippen molar-refractivity contribution in [3.63, 3.8) is 0 Å². The van der Waals surface area contributed by atoms with Gasteiger partial charge in [-0.25, -0.2) is 14.5 Å². The Morgan fingerprint density at radius 2 is 2.14 bits per heavy atom. The molecular formula is C12H10F3N3O3. The van der Waals surface area contributed by atoms with Gasteiger partial charge in [0, 0.05) is 18.5 Å². The number of halogens is 3. The van der Waals surface area contributed by atoms with Crippen molar-refractivity contribution >= 4 is 5.97 Å². The van der Waals surface area contributed by atoms with Gasteiger partial charge in [-0.15, -0.1) is 5.10 Å². The number of pyridine rings is 1. The van der Waals surface area contributed by atoms with Crippen molar-refractivity contribution in [1.29, 1.82) is 0 Å². The number of carboxylic acids is 1. The number of carbonyl (C=O) groups is 1. The number of carboxylic acid groups (broad SMARTS) is 1. The fourth-order valence-corrected chi connectivity index (χ4v) is 1.52. The number of alkyl halides is 3. The van der Waals surface area contributed by atoms with E-state index < -0.39 is 25.2 Å². The van der Waals surface area contributed by atoms with E-state index in [1.54, 1.807) is 0 Å². The van der Waals surface area contributed by atoms with Crippen LogP contribution in [0.5, 0.6) is 5.88 Å². The Bertz CT molecular complexity index is 640. The molecule has 2 rings (SSSR count). The van der Waals surface area contributed by atoms with Crippen molar-refractivity contribution in [2.45, 2.75) is 12.6 Å². The zero-order valence-electron chi connectivity index (χ0n) is 10.5. The van der Waals surface area contributed by atoms with Gasteiger partial charge in [-0.05, 0) is 12.1 Å². The quantitative estimate of drug-likeness (QED) is 0.917. The highest BCUT2D eigenvalue weighted by molar-refractivity contribution is 5.90. The molecule has 0 aliphatic heterocycles. The van der Waals surface area contributed by atoms with Crippen LogP contribution < -0.4 is 4.74 Å². The zero-order valence-corrected chi connectivity index (χ0v) is 10.5. The molecule has 6 nitrogen and oxygen atoms in total. The molecule has 0 spiro atoms. The first-order valence-electron chi connectivity index (χ1n) is 5.81. The number of nitrogens with zero attached hydrogens (tertiary/aromatic N) is 3. The minimum Gasteiger partial charge on any atom is -0.478 e. The molecule has 0 amide bonds. The van der Waals surface area contributed by atoms with Crippen LogP contribution in [0.4, 0.5) is 13.2 Å². The summed E-state index contributed by atoms with van der Waals surface area (Å²) in [6.07, 6.45) is -2.66. The summed E-state index contributed by atoms with van der Waals surface area (Å²) in [5.41, 5.74) is -0.0811. The van der Waals surface area contributed by atoms with Gasteiger partial charge in [-0.3, -0.25) is 0 Å². The van der Waals surface area contributed by atoms with E-state index in [0.717, 1.165) is 4.68 Å². The number of hydrogen-bond donors (Lipinski definition) is 1. The molecule has 0 bridgehead atoms. The van der Waals surface area contributed by atoms with E-state index in [0.29, 0.717) is 0 Å². The van der Waals surface area contributed by atoms with Gasteiger partial charge in [-0.1, -0.05) is 0 Å². The summed E-state index contributed by atoms with van der Waals surface area (Å²) >= 11 is 0. The SMILES string of the molecule is O=C(O)c1cccnc1-n1ccc(OCCC(F)(F)F)n1. The van der Waals surface area contributed by atoms with Crippen molar-refractivity contribution in [3.8, 4) is 11.7 Å². The maximum Gasteiger partial charge on any atom is 0.392 e. The van der Waals surface area contributed by atoms with Gasteiger partial charge in [0.05, 0.1) is 13.0 Å². The van der Waals surface area contributed by atoms with Crippen molar-refractivity contribution < 1.29 is 27.8 Å². The zero-order chi connectivity index (χ0) is 15.5. The minimum atomic E-state index is -4.31. The largest absolute Gasteiger partial charge is 0.478 e. The van der Waals surface area contributed by atoms with Crippen LogP contribution >= 0.6 is 0 Å². The van der Waals surface area contributed by atoms with Gasteiger partial charge in [0.1, 0.15) is 5.56 Å². The normalized spacial score (nSPS) is 11.4. The summed E-state index contributed by atoms with van der Waals surface area (Å²) in [7, 11) is 0. The Kier molecular flexibility index (Phi) is 4.10. The predicted octanol–water partition coefficient (Wildman–Crippen LogP) is 2.30. The van der Waals surface area contributed by atoms with Gasteiger partial charge < -0.3 is 9.84 Å². The first kappa shape index (κ1) is 14.8. The fourth-order valence-electron chi connectivity index (χ4n) is 1.52. The Morgan fingerprint density at radius 1 is 1.38 bits per heavy atom. The summed E-state index contributed by atoms with van der Waals surface area (Å²) < 4.78 is 42.0. The summed E-state index contributed by atoms with van der Waals surface area (Å²) in [6.45, 7) is -0.561. The molecule has 1 N–H and O–H groups in total. The lowest BCUT2D eigenvalue weighted by atomic mass is 10.2. The molecule has 2 aromatic rings. The number of aromatic nitrogens is 3. The molecule has 0 radical (unpaired) electrons.